The van der Waals surface area contributed by atoms with Crippen molar-refractivity contribution in [2.45, 2.75) is 26.8 Å². The Hall–Kier alpha value is -2.63. The normalized spacial score (nSPS) is 10.3. The lowest BCUT2D eigenvalue weighted by Gasteiger charge is -2.07. The number of carbonyl (C=O) groups excluding carboxylic acids is 2. The Morgan fingerprint density at radius 1 is 1.27 bits per heavy atom. The number of anilines is 1. The number of aromatic nitrogens is 2. The van der Waals surface area contributed by atoms with Crippen molar-refractivity contribution in [3.8, 4) is 0 Å². The third-order valence-corrected chi connectivity index (χ3v) is 2.97. The summed E-state index contributed by atoms with van der Waals surface area (Å²) in [5.74, 6) is -0.776. The summed E-state index contributed by atoms with van der Waals surface area (Å²) in [7, 11) is 0. The van der Waals surface area contributed by atoms with Gasteiger partial charge in [-0.05, 0) is 37.1 Å². The van der Waals surface area contributed by atoms with E-state index in [1.165, 1.54) is 0 Å². The van der Waals surface area contributed by atoms with Crippen molar-refractivity contribution in [2.24, 2.45) is 0 Å². The first-order valence-electron chi connectivity index (χ1n) is 7.04. The Bertz CT molecular complexity index is 664. The fourth-order valence-electron chi connectivity index (χ4n) is 1.93. The van der Waals surface area contributed by atoms with Crippen molar-refractivity contribution in [3.63, 3.8) is 0 Å². The molecule has 6 nitrogen and oxygen atoms in total. The number of aryl methyl sites for hydroxylation is 3. The molecule has 0 saturated carbocycles. The van der Waals surface area contributed by atoms with Crippen LogP contribution in [0.1, 0.15) is 17.5 Å². The molecule has 0 saturated heterocycles. The van der Waals surface area contributed by atoms with E-state index in [2.05, 4.69) is 10.4 Å². The monoisotopic (exact) mass is 301 g/mol. The summed E-state index contributed by atoms with van der Waals surface area (Å²) in [4.78, 5) is 23.3. The van der Waals surface area contributed by atoms with Gasteiger partial charge in [-0.3, -0.25) is 14.3 Å². The van der Waals surface area contributed by atoms with E-state index in [1.54, 1.807) is 16.9 Å². The highest BCUT2D eigenvalue weighted by Crippen LogP contribution is 2.09. The molecule has 22 heavy (non-hydrogen) atoms. The lowest BCUT2D eigenvalue weighted by atomic mass is 10.2. The average molecular weight is 301 g/mol. The number of rotatable bonds is 6. The van der Waals surface area contributed by atoms with Gasteiger partial charge >= 0.3 is 5.97 Å². The Morgan fingerprint density at radius 2 is 2.09 bits per heavy atom. The SMILES string of the molecule is Cc1cccc(NC(=O)COC(=O)CCn2cc(C)cn2)c1. The van der Waals surface area contributed by atoms with Crippen LogP contribution in [0.5, 0.6) is 0 Å². The van der Waals surface area contributed by atoms with Crippen molar-refractivity contribution in [1.82, 2.24) is 9.78 Å². The molecule has 0 atom stereocenters. The van der Waals surface area contributed by atoms with Gasteiger partial charge in [0.25, 0.3) is 5.91 Å². The number of nitrogens with zero attached hydrogens (tertiary/aromatic N) is 2. The van der Waals surface area contributed by atoms with Crippen LogP contribution in [0.4, 0.5) is 5.69 Å². The van der Waals surface area contributed by atoms with Crippen LogP contribution in [0.25, 0.3) is 0 Å². The largest absolute Gasteiger partial charge is 0.456 e. The molecule has 0 spiro atoms. The van der Waals surface area contributed by atoms with Crippen LogP contribution in [0.2, 0.25) is 0 Å². The van der Waals surface area contributed by atoms with Crippen molar-refractivity contribution in [1.29, 1.82) is 0 Å². The van der Waals surface area contributed by atoms with E-state index in [0.717, 1.165) is 11.1 Å². The summed E-state index contributed by atoms with van der Waals surface area (Å²) < 4.78 is 6.61. The van der Waals surface area contributed by atoms with Crippen LogP contribution >= 0.6 is 0 Å². The van der Waals surface area contributed by atoms with Crippen LogP contribution in [-0.4, -0.2) is 28.3 Å². The Balaban J connectivity index is 1.70. The van der Waals surface area contributed by atoms with Crippen molar-refractivity contribution < 1.29 is 14.3 Å². The van der Waals surface area contributed by atoms with E-state index < -0.39 is 5.97 Å². The topological polar surface area (TPSA) is 73.2 Å². The van der Waals surface area contributed by atoms with Gasteiger partial charge in [0.2, 0.25) is 0 Å². The predicted molar refractivity (Wildman–Crippen MR) is 82.3 cm³/mol. The van der Waals surface area contributed by atoms with Gasteiger partial charge in [-0.15, -0.1) is 0 Å². The molecule has 0 radical (unpaired) electrons. The molecular formula is C16H19N3O3. The molecule has 2 rings (SSSR count). The van der Waals surface area contributed by atoms with Crippen LogP contribution in [-0.2, 0) is 20.9 Å². The van der Waals surface area contributed by atoms with Gasteiger partial charge in [-0.2, -0.15) is 5.10 Å². The highest BCUT2D eigenvalue weighted by molar-refractivity contribution is 5.92. The van der Waals surface area contributed by atoms with E-state index in [4.69, 9.17) is 4.74 Å². The van der Waals surface area contributed by atoms with E-state index in [9.17, 15) is 9.59 Å². The fourth-order valence-corrected chi connectivity index (χ4v) is 1.93. The fraction of sp³-hybridized carbons (Fsp3) is 0.312. The first-order valence-corrected chi connectivity index (χ1v) is 7.04. The number of esters is 1. The highest BCUT2D eigenvalue weighted by Gasteiger charge is 2.08. The molecule has 1 N–H and O–H groups in total. The molecule has 1 amide bonds. The summed E-state index contributed by atoms with van der Waals surface area (Å²) in [5, 5.41) is 6.76. The lowest BCUT2D eigenvalue weighted by molar-refractivity contribution is -0.147. The minimum atomic E-state index is -0.424. The molecule has 1 aromatic carbocycles. The number of ether oxygens (including phenoxy) is 1. The van der Waals surface area contributed by atoms with Gasteiger partial charge in [0.1, 0.15) is 0 Å². The zero-order valence-corrected chi connectivity index (χ0v) is 12.7. The lowest BCUT2D eigenvalue weighted by Crippen LogP contribution is -2.21. The molecule has 0 aliphatic rings. The molecule has 0 aliphatic heterocycles. The average Bonchev–Trinajstić information content (AvgIpc) is 2.89. The Labute approximate surface area is 129 Å². The van der Waals surface area contributed by atoms with E-state index in [0.29, 0.717) is 12.2 Å². The van der Waals surface area contributed by atoms with E-state index in [1.807, 2.05) is 38.2 Å². The molecule has 0 fully saturated rings. The Kier molecular flexibility index (Phi) is 5.30. The first kappa shape index (κ1) is 15.8. The minimum absolute atomic E-state index is 0.179. The first-order chi connectivity index (χ1) is 10.5. The zero-order chi connectivity index (χ0) is 15.9. The standard InChI is InChI=1S/C16H19N3O3/c1-12-4-3-5-14(8-12)18-15(20)11-22-16(21)6-7-19-10-13(2)9-17-19/h3-5,8-10H,6-7,11H2,1-2H3,(H,18,20). The number of amides is 1. The molecule has 0 bridgehead atoms. The Morgan fingerprint density at radius 3 is 2.77 bits per heavy atom. The molecule has 0 unspecified atom stereocenters. The number of hydrogen-bond acceptors (Lipinski definition) is 4. The second-order valence-corrected chi connectivity index (χ2v) is 5.11. The molecule has 0 aliphatic carbocycles. The van der Waals surface area contributed by atoms with Crippen molar-refractivity contribution in [2.75, 3.05) is 11.9 Å². The van der Waals surface area contributed by atoms with Gasteiger partial charge in [0.15, 0.2) is 6.61 Å². The second kappa shape index (κ2) is 7.40. The van der Waals surface area contributed by atoms with Crippen LogP contribution < -0.4 is 5.32 Å². The number of hydrogen-bond donors (Lipinski definition) is 1. The minimum Gasteiger partial charge on any atom is -0.456 e. The number of benzene rings is 1. The third kappa shape index (κ3) is 5.05. The quantitative estimate of drug-likeness (QED) is 0.829. The smallest absolute Gasteiger partial charge is 0.308 e. The van der Waals surface area contributed by atoms with E-state index in [-0.39, 0.29) is 18.9 Å². The van der Waals surface area contributed by atoms with Gasteiger partial charge in [0.05, 0.1) is 19.2 Å². The second-order valence-electron chi connectivity index (χ2n) is 5.11. The molecule has 1 aromatic heterocycles. The number of nitrogens with one attached hydrogen (secondary N) is 1. The van der Waals surface area contributed by atoms with Gasteiger partial charge < -0.3 is 10.1 Å². The van der Waals surface area contributed by atoms with Crippen molar-refractivity contribution in [3.05, 3.63) is 47.8 Å². The van der Waals surface area contributed by atoms with Gasteiger partial charge in [0, 0.05) is 11.9 Å². The molecule has 1 heterocycles. The highest BCUT2D eigenvalue weighted by atomic mass is 16.5. The van der Waals surface area contributed by atoms with Gasteiger partial charge in [-0.1, -0.05) is 12.1 Å². The zero-order valence-electron chi connectivity index (χ0n) is 12.7. The summed E-state index contributed by atoms with van der Waals surface area (Å²) in [6.45, 7) is 4.02. The summed E-state index contributed by atoms with van der Waals surface area (Å²) in [6, 6.07) is 7.42. The molecule has 6 heteroatoms. The number of carbonyl (C=O) groups is 2. The van der Waals surface area contributed by atoms with Crippen LogP contribution in [0, 0.1) is 13.8 Å². The summed E-state index contributed by atoms with van der Waals surface area (Å²) in [6.07, 6.45) is 3.75. The third-order valence-electron chi connectivity index (χ3n) is 2.97. The maximum absolute atomic E-state index is 11.7. The predicted octanol–water partition coefficient (Wildman–Crippen LogP) is 2.07. The van der Waals surface area contributed by atoms with Gasteiger partial charge in [-0.25, -0.2) is 0 Å². The maximum atomic E-state index is 11.7. The maximum Gasteiger partial charge on any atom is 0.308 e. The van der Waals surface area contributed by atoms with E-state index >= 15 is 0 Å². The van der Waals surface area contributed by atoms with Crippen LogP contribution in [0.3, 0.4) is 0 Å². The molecular weight excluding hydrogens is 282 g/mol. The summed E-state index contributed by atoms with van der Waals surface area (Å²) >= 11 is 0. The van der Waals surface area contributed by atoms with Crippen LogP contribution in [0.15, 0.2) is 36.7 Å². The summed E-state index contributed by atoms with van der Waals surface area (Å²) in [5.41, 5.74) is 2.77. The van der Waals surface area contributed by atoms with Crippen molar-refractivity contribution >= 4 is 17.6 Å². The molecule has 116 valence electrons. The molecule has 2 aromatic rings.